The van der Waals surface area contributed by atoms with Crippen molar-refractivity contribution in [2.24, 2.45) is 24.3 Å². The van der Waals surface area contributed by atoms with E-state index in [1.165, 1.54) is 25.0 Å². The lowest BCUT2D eigenvalue weighted by molar-refractivity contribution is 0.127. The summed E-state index contributed by atoms with van der Waals surface area (Å²) in [5.41, 5.74) is 1.64. The zero-order valence-corrected chi connectivity index (χ0v) is 14.9. The van der Waals surface area contributed by atoms with Gasteiger partial charge >= 0.3 is 0 Å². The van der Waals surface area contributed by atoms with Crippen LogP contribution in [0.5, 0.6) is 0 Å². The van der Waals surface area contributed by atoms with Gasteiger partial charge < -0.3 is 5.32 Å². The number of hydrogen-bond donors (Lipinski definition) is 1. The van der Waals surface area contributed by atoms with Crippen LogP contribution in [0.15, 0.2) is 4.60 Å². The minimum Gasteiger partial charge on any atom is -0.319 e. The van der Waals surface area contributed by atoms with Crippen LogP contribution in [0.1, 0.15) is 51.6 Å². The molecule has 0 bridgehead atoms. The topological polar surface area (TPSA) is 42.7 Å². The van der Waals surface area contributed by atoms with Crippen molar-refractivity contribution in [3.63, 3.8) is 0 Å². The monoisotopic (exact) mass is 342 g/mol. The van der Waals surface area contributed by atoms with E-state index in [1.807, 2.05) is 18.8 Å². The van der Waals surface area contributed by atoms with Crippen LogP contribution in [-0.2, 0) is 7.05 Å². The zero-order valence-electron chi connectivity index (χ0n) is 13.3. The first-order valence-corrected chi connectivity index (χ1v) is 8.33. The molecule has 4 nitrogen and oxygen atoms in total. The molecule has 1 saturated carbocycles. The van der Waals surface area contributed by atoms with Gasteiger partial charge in [-0.15, -0.1) is 5.10 Å². The highest BCUT2D eigenvalue weighted by Crippen LogP contribution is 2.47. The van der Waals surface area contributed by atoms with Crippen LogP contribution < -0.4 is 5.32 Å². The normalized spacial score (nSPS) is 27.8. The maximum atomic E-state index is 4.18. The van der Waals surface area contributed by atoms with Crippen LogP contribution in [0.2, 0.25) is 0 Å². The predicted molar refractivity (Wildman–Crippen MR) is 85.7 cm³/mol. The van der Waals surface area contributed by atoms with Gasteiger partial charge in [-0.05, 0) is 66.0 Å². The molecule has 5 heteroatoms. The number of nitrogens with one attached hydrogen (secondary N) is 1. The molecule has 114 valence electrons. The number of halogens is 1. The number of rotatable bonds is 3. The van der Waals surface area contributed by atoms with E-state index in [0.717, 1.165) is 17.1 Å². The Morgan fingerprint density at radius 2 is 2.05 bits per heavy atom. The van der Waals surface area contributed by atoms with Crippen LogP contribution >= 0.6 is 15.9 Å². The van der Waals surface area contributed by atoms with Crippen LogP contribution in [0, 0.1) is 17.3 Å². The predicted octanol–water partition coefficient (Wildman–Crippen LogP) is 3.34. The van der Waals surface area contributed by atoms with Crippen LogP contribution in [-0.4, -0.2) is 28.6 Å². The van der Waals surface area contributed by atoms with Crippen LogP contribution in [0.4, 0.5) is 0 Å². The quantitative estimate of drug-likeness (QED) is 0.915. The molecule has 0 spiro atoms. The highest BCUT2D eigenvalue weighted by atomic mass is 79.9. The molecule has 2 rings (SSSR count). The van der Waals surface area contributed by atoms with E-state index < -0.39 is 0 Å². The van der Waals surface area contributed by atoms with E-state index in [-0.39, 0.29) is 0 Å². The Bertz CT molecular complexity index is 430. The van der Waals surface area contributed by atoms with Crippen molar-refractivity contribution in [2.75, 3.05) is 13.6 Å². The average Bonchev–Trinajstić information content (AvgIpc) is 2.69. The van der Waals surface area contributed by atoms with Gasteiger partial charge in [0.1, 0.15) is 0 Å². The molecular weight excluding hydrogens is 316 g/mol. The first-order valence-electron chi connectivity index (χ1n) is 7.54. The molecule has 1 fully saturated rings. The summed E-state index contributed by atoms with van der Waals surface area (Å²) in [5, 5.41) is 11.7. The third kappa shape index (κ3) is 3.25. The number of aromatic nitrogens is 3. The third-order valence-corrected chi connectivity index (χ3v) is 5.43. The van der Waals surface area contributed by atoms with Crippen molar-refractivity contribution in [3.8, 4) is 0 Å². The second-order valence-corrected chi connectivity index (χ2v) is 7.94. The summed E-state index contributed by atoms with van der Waals surface area (Å²) in [6.07, 6.45) is 3.84. The van der Waals surface area contributed by atoms with Gasteiger partial charge in [0.2, 0.25) is 0 Å². The Labute approximate surface area is 130 Å². The van der Waals surface area contributed by atoms with Gasteiger partial charge in [-0.25, -0.2) is 0 Å². The van der Waals surface area contributed by atoms with Crippen molar-refractivity contribution in [1.29, 1.82) is 0 Å². The molecule has 1 aliphatic rings. The van der Waals surface area contributed by atoms with E-state index in [4.69, 9.17) is 0 Å². The Morgan fingerprint density at radius 1 is 1.35 bits per heavy atom. The average molecular weight is 343 g/mol. The number of aryl methyl sites for hydroxylation is 1. The van der Waals surface area contributed by atoms with E-state index in [1.54, 1.807) is 0 Å². The SMILES string of the molecule is CNCC1CCC(C(C)(C)C)CC1c1c(Br)nnn1C. The van der Waals surface area contributed by atoms with E-state index in [9.17, 15) is 0 Å². The summed E-state index contributed by atoms with van der Waals surface area (Å²) >= 11 is 3.59. The maximum absolute atomic E-state index is 4.18. The number of hydrogen-bond acceptors (Lipinski definition) is 3. The van der Waals surface area contributed by atoms with Crippen LogP contribution in [0.3, 0.4) is 0 Å². The van der Waals surface area contributed by atoms with Crippen molar-refractivity contribution in [2.45, 2.75) is 46.0 Å². The smallest absolute Gasteiger partial charge is 0.151 e. The molecule has 3 atom stereocenters. The van der Waals surface area contributed by atoms with Crippen molar-refractivity contribution >= 4 is 15.9 Å². The molecular formula is C15H27BrN4. The molecule has 0 radical (unpaired) electrons. The van der Waals surface area contributed by atoms with Gasteiger partial charge in [0.05, 0.1) is 5.69 Å². The maximum Gasteiger partial charge on any atom is 0.151 e. The van der Waals surface area contributed by atoms with Gasteiger partial charge in [-0.2, -0.15) is 0 Å². The summed E-state index contributed by atoms with van der Waals surface area (Å²) in [5.74, 6) is 1.98. The first-order chi connectivity index (χ1) is 9.34. The molecule has 0 aromatic carbocycles. The molecule has 3 unspecified atom stereocenters. The second kappa shape index (κ2) is 6.14. The molecule has 0 aliphatic heterocycles. The summed E-state index contributed by atoms with van der Waals surface area (Å²) in [7, 11) is 4.05. The molecule has 1 aromatic rings. The lowest BCUT2D eigenvalue weighted by atomic mass is 9.65. The minimum absolute atomic E-state index is 0.376. The molecule has 1 aromatic heterocycles. The highest BCUT2D eigenvalue weighted by Gasteiger charge is 2.38. The summed E-state index contributed by atoms with van der Waals surface area (Å²) in [6.45, 7) is 8.16. The number of nitrogens with zero attached hydrogens (tertiary/aromatic N) is 3. The van der Waals surface area contributed by atoms with Gasteiger partial charge in [-0.1, -0.05) is 26.0 Å². The zero-order chi connectivity index (χ0) is 14.9. The molecule has 0 amide bonds. The standard InChI is InChI=1S/C15H27BrN4/c1-15(2,3)11-7-6-10(9-17-4)12(8-11)13-14(16)18-19-20(13)5/h10-12,17H,6-9H2,1-5H3. The molecule has 1 heterocycles. The Hall–Kier alpha value is -0.420. The van der Waals surface area contributed by atoms with E-state index >= 15 is 0 Å². The minimum atomic E-state index is 0.376. The second-order valence-electron chi connectivity index (χ2n) is 7.19. The Balaban J connectivity index is 2.28. The first kappa shape index (κ1) is 16.0. The van der Waals surface area contributed by atoms with Gasteiger partial charge in [-0.3, -0.25) is 4.68 Å². The van der Waals surface area contributed by atoms with Crippen LogP contribution in [0.25, 0.3) is 0 Å². The summed E-state index contributed by atoms with van der Waals surface area (Å²) in [4.78, 5) is 0. The molecule has 0 saturated heterocycles. The summed E-state index contributed by atoms with van der Waals surface area (Å²) < 4.78 is 2.86. The van der Waals surface area contributed by atoms with Crippen molar-refractivity contribution in [3.05, 3.63) is 10.3 Å². The third-order valence-electron chi connectivity index (χ3n) is 4.86. The van der Waals surface area contributed by atoms with E-state index in [2.05, 4.69) is 52.3 Å². The highest BCUT2D eigenvalue weighted by molar-refractivity contribution is 9.10. The van der Waals surface area contributed by atoms with Gasteiger partial charge in [0.25, 0.3) is 0 Å². The fourth-order valence-corrected chi connectivity index (χ4v) is 4.22. The molecule has 1 N–H and O–H groups in total. The Morgan fingerprint density at radius 3 is 2.55 bits per heavy atom. The van der Waals surface area contributed by atoms with Crippen molar-refractivity contribution in [1.82, 2.24) is 20.3 Å². The molecule has 20 heavy (non-hydrogen) atoms. The molecule has 1 aliphatic carbocycles. The Kier molecular flexibility index (Phi) is 4.90. The fourth-order valence-electron chi connectivity index (χ4n) is 3.59. The largest absolute Gasteiger partial charge is 0.319 e. The lowest BCUT2D eigenvalue weighted by Crippen LogP contribution is -2.35. The van der Waals surface area contributed by atoms with Crippen molar-refractivity contribution < 1.29 is 0 Å². The van der Waals surface area contributed by atoms with Gasteiger partial charge in [0, 0.05) is 13.0 Å². The fraction of sp³-hybridized carbons (Fsp3) is 0.867. The lowest BCUT2D eigenvalue weighted by Gasteiger charge is -2.42. The summed E-state index contributed by atoms with van der Waals surface area (Å²) in [6, 6.07) is 0. The van der Waals surface area contributed by atoms with Gasteiger partial charge in [0.15, 0.2) is 4.60 Å². The van der Waals surface area contributed by atoms with E-state index in [0.29, 0.717) is 17.3 Å².